The van der Waals surface area contributed by atoms with Crippen molar-refractivity contribution >= 4 is 17.3 Å². The van der Waals surface area contributed by atoms with E-state index in [1.807, 2.05) is 0 Å². The third-order valence-electron chi connectivity index (χ3n) is 4.18. The predicted molar refractivity (Wildman–Crippen MR) is 97.9 cm³/mol. The van der Waals surface area contributed by atoms with Gasteiger partial charge in [0.1, 0.15) is 22.4 Å². The molecule has 1 fully saturated rings. The van der Waals surface area contributed by atoms with Crippen LogP contribution in [0.4, 0.5) is 23.5 Å². The fourth-order valence-corrected chi connectivity index (χ4v) is 4.03. The third-order valence-corrected chi connectivity index (χ3v) is 5.18. The number of nitrogens with zero attached hydrogens (tertiary/aromatic N) is 3. The highest BCUT2D eigenvalue weighted by Crippen LogP contribution is 2.38. The van der Waals surface area contributed by atoms with E-state index in [-0.39, 0.29) is 29.6 Å². The lowest BCUT2D eigenvalue weighted by molar-refractivity contribution is -0.137. The van der Waals surface area contributed by atoms with Crippen molar-refractivity contribution in [2.24, 2.45) is 0 Å². The average Bonchev–Trinajstić information content (AvgIpc) is 3.02. The van der Waals surface area contributed by atoms with Gasteiger partial charge < -0.3 is 15.7 Å². The van der Waals surface area contributed by atoms with Gasteiger partial charge in [-0.1, -0.05) is 0 Å². The van der Waals surface area contributed by atoms with Gasteiger partial charge in [0.2, 0.25) is 5.95 Å². The molecule has 3 heterocycles. The third kappa shape index (κ3) is 5.15. The summed E-state index contributed by atoms with van der Waals surface area (Å²) in [6, 6.07) is -0.576. The van der Waals surface area contributed by atoms with E-state index in [9.17, 15) is 22.7 Å². The first kappa shape index (κ1) is 20.9. The molecule has 3 rings (SSSR count). The molecular formula is C17H21F4N5OS. The van der Waals surface area contributed by atoms with Crippen LogP contribution in [-0.4, -0.2) is 51.0 Å². The predicted octanol–water partition coefficient (Wildman–Crippen LogP) is 3.04. The molecular weight excluding hydrogens is 398 g/mol. The van der Waals surface area contributed by atoms with Crippen molar-refractivity contribution in [2.45, 2.75) is 50.7 Å². The molecule has 0 aromatic carbocycles. The molecule has 0 radical (unpaired) electrons. The minimum atomic E-state index is -4.66. The van der Waals surface area contributed by atoms with Crippen molar-refractivity contribution in [3.63, 3.8) is 0 Å². The molecule has 0 unspecified atom stereocenters. The second-order valence-electron chi connectivity index (χ2n) is 7.33. The lowest BCUT2D eigenvalue weighted by Gasteiger charge is -2.27. The standard InChI is InChI=1S/C17H21F4N5OS/c1-16(2,27)5-9-6-23-14(28-9)13-10(17(19,20)21)7-24-15(26-13)25-12-3-4-22-8-11(12)18/h6-7,11-12,22,27H,3-5,8H2,1-2H3,(H,24,25,26)/t11-,12+/m1/s1. The second-order valence-corrected chi connectivity index (χ2v) is 8.45. The van der Waals surface area contributed by atoms with E-state index in [1.165, 1.54) is 6.20 Å². The Morgan fingerprint density at radius 1 is 1.29 bits per heavy atom. The number of anilines is 1. The molecule has 2 aromatic heterocycles. The van der Waals surface area contributed by atoms with E-state index in [0.717, 1.165) is 11.3 Å². The molecule has 0 spiro atoms. The first-order chi connectivity index (χ1) is 13.0. The number of rotatable bonds is 5. The molecule has 0 bridgehead atoms. The molecule has 1 aliphatic rings. The van der Waals surface area contributed by atoms with Crippen molar-refractivity contribution in [1.82, 2.24) is 20.3 Å². The van der Waals surface area contributed by atoms with E-state index >= 15 is 0 Å². The van der Waals surface area contributed by atoms with Crippen LogP contribution in [0.1, 0.15) is 30.7 Å². The first-order valence-corrected chi connectivity index (χ1v) is 9.57. The number of aromatic nitrogens is 3. The minimum Gasteiger partial charge on any atom is -0.390 e. The van der Waals surface area contributed by atoms with Gasteiger partial charge in [0, 0.05) is 30.2 Å². The highest BCUT2D eigenvalue weighted by atomic mass is 32.1. The van der Waals surface area contributed by atoms with Gasteiger partial charge >= 0.3 is 6.18 Å². The SMILES string of the molecule is CC(C)(O)Cc1cnc(-c2nc(N[C@H]3CCNC[C@H]3F)ncc2C(F)(F)F)s1. The number of hydrogen-bond acceptors (Lipinski definition) is 7. The first-order valence-electron chi connectivity index (χ1n) is 8.76. The van der Waals surface area contributed by atoms with Crippen molar-refractivity contribution in [1.29, 1.82) is 0 Å². The van der Waals surface area contributed by atoms with Crippen molar-refractivity contribution in [3.05, 3.63) is 22.8 Å². The molecule has 11 heteroatoms. The maximum absolute atomic E-state index is 14.0. The topological polar surface area (TPSA) is 83.0 Å². The molecule has 3 N–H and O–H groups in total. The van der Waals surface area contributed by atoms with E-state index in [2.05, 4.69) is 25.6 Å². The Morgan fingerprint density at radius 3 is 2.68 bits per heavy atom. The Bertz CT molecular complexity index is 821. The zero-order valence-corrected chi connectivity index (χ0v) is 16.2. The fourth-order valence-electron chi connectivity index (χ4n) is 2.90. The summed E-state index contributed by atoms with van der Waals surface area (Å²) >= 11 is 1.03. The molecule has 0 aliphatic carbocycles. The summed E-state index contributed by atoms with van der Waals surface area (Å²) in [5.74, 6) is -0.0724. The number of thiazole rings is 1. The van der Waals surface area contributed by atoms with Gasteiger partial charge in [0.15, 0.2) is 0 Å². The molecule has 0 saturated carbocycles. The van der Waals surface area contributed by atoms with Gasteiger partial charge in [0.05, 0.1) is 11.6 Å². The minimum absolute atomic E-state index is 0.0686. The number of halogens is 4. The second kappa shape index (κ2) is 7.88. The van der Waals surface area contributed by atoms with Crippen LogP contribution in [0.5, 0.6) is 0 Å². The molecule has 28 heavy (non-hydrogen) atoms. The van der Waals surface area contributed by atoms with Crippen LogP contribution in [0.2, 0.25) is 0 Å². The fraction of sp³-hybridized carbons (Fsp3) is 0.588. The quantitative estimate of drug-likeness (QED) is 0.647. The molecule has 154 valence electrons. The van der Waals surface area contributed by atoms with Crippen LogP contribution < -0.4 is 10.6 Å². The maximum Gasteiger partial charge on any atom is 0.420 e. The Labute approximate surface area is 163 Å². The highest BCUT2D eigenvalue weighted by Gasteiger charge is 2.37. The maximum atomic E-state index is 14.0. The van der Waals surface area contributed by atoms with Crippen LogP contribution >= 0.6 is 11.3 Å². The van der Waals surface area contributed by atoms with Crippen LogP contribution in [0.25, 0.3) is 10.7 Å². The summed E-state index contributed by atoms with van der Waals surface area (Å²) < 4.78 is 54.3. The lowest BCUT2D eigenvalue weighted by atomic mass is 10.1. The highest BCUT2D eigenvalue weighted by molar-refractivity contribution is 7.15. The summed E-state index contributed by atoms with van der Waals surface area (Å²) in [5.41, 5.74) is -2.38. The van der Waals surface area contributed by atoms with Crippen molar-refractivity contribution in [2.75, 3.05) is 18.4 Å². The van der Waals surface area contributed by atoms with Crippen molar-refractivity contribution < 1.29 is 22.7 Å². The van der Waals surface area contributed by atoms with Gasteiger partial charge in [-0.05, 0) is 26.8 Å². The van der Waals surface area contributed by atoms with Crippen LogP contribution in [0.15, 0.2) is 12.4 Å². The Morgan fingerprint density at radius 2 is 2.04 bits per heavy atom. The van der Waals surface area contributed by atoms with Gasteiger partial charge in [-0.25, -0.2) is 19.3 Å². The number of alkyl halides is 4. The summed E-state index contributed by atoms with van der Waals surface area (Å²) in [6.45, 7) is 3.97. The van der Waals surface area contributed by atoms with E-state index in [0.29, 0.717) is 24.0 Å². The monoisotopic (exact) mass is 419 g/mol. The van der Waals surface area contributed by atoms with Gasteiger partial charge in [-0.15, -0.1) is 11.3 Å². The lowest BCUT2D eigenvalue weighted by Crippen LogP contribution is -2.45. The molecule has 2 atom stereocenters. The number of piperidine rings is 1. The largest absolute Gasteiger partial charge is 0.420 e. The molecule has 0 amide bonds. The van der Waals surface area contributed by atoms with E-state index in [4.69, 9.17) is 0 Å². The number of aliphatic hydroxyl groups is 1. The van der Waals surface area contributed by atoms with Gasteiger partial charge in [0.25, 0.3) is 0 Å². The summed E-state index contributed by atoms with van der Waals surface area (Å²) in [4.78, 5) is 12.4. The Balaban J connectivity index is 1.93. The van der Waals surface area contributed by atoms with E-state index < -0.39 is 29.6 Å². The van der Waals surface area contributed by atoms with Crippen LogP contribution in [0, 0.1) is 0 Å². The zero-order chi connectivity index (χ0) is 20.5. The number of nitrogens with one attached hydrogen (secondary N) is 2. The van der Waals surface area contributed by atoms with Gasteiger partial charge in [-0.2, -0.15) is 13.2 Å². The summed E-state index contributed by atoms with van der Waals surface area (Å²) in [7, 11) is 0. The molecule has 6 nitrogen and oxygen atoms in total. The van der Waals surface area contributed by atoms with Crippen LogP contribution in [0.3, 0.4) is 0 Å². The Hall–Kier alpha value is -1.85. The average molecular weight is 419 g/mol. The normalized spacial score (nSPS) is 21.0. The van der Waals surface area contributed by atoms with Gasteiger partial charge in [-0.3, -0.25) is 0 Å². The van der Waals surface area contributed by atoms with Crippen molar-refractivity contribution in [3.8, 4) is 10.7 Å². The van der Waals surface area contributed by atoms with E-state index in [1.54, 1.807) is 13.8 Å². The Kier molecular flexibility index (Phi) is 5.87. The van der Waals surface area contributed by atoms with Crippen LogP contribution in [-0.2, 0) is 12.6 Å². The summed E-state index contributed by atoms with van der Waals surface area (Å²) in [5, 5.41) is 15.7. The molecule has 1 aliphatic heterocycles. The molecule has 2 aromatic rings. The molecule has 1 saturated heterocycles. The summed E-state index contributed by atoms with van der Waals surface area (Å²) in [6.07, 6.45) is -3.02. The smallest absolute Gasteiger partial charge is 0.390 e. The zero-order valence-electron chi connectivity index (χ0n) is 15.3. The number of hydrogen-bond donors (Lipinski definition) is 3.